The van der Waals surface area contributed by atoms with E-state index in [0.29, 0.717) is 0 Å². The fourth-order valence-electron chi connectivity index (χ4n) is 1.28. The van der Waals surface area contributed by atoms with Gasteiger partial charge >= 0.3 is 0 Å². The standard InChI is InChI=1S/C10H8N2O/c13-11-12-8-4-7-10(12)9-5-2-1-3-6-9/h1-8H. The number of benzene rings is 1. The molecule has 0 amide bonds. The summed E-state index contributed by atoms with van der Waals surface area (Å²) in [6.07, 6.45) is 1.63. The highest BCUT2D eigenvalue weighted by Crippen LogP contribution is 2.18. The molecule has 2 aromatic rings. The van der Waals surface area contributed by atoms with Gasteiger partial charge < -0.3 is 0 Å². The third kappa shape index (κ3) is 1.36. The fourth-order valence-corrected chi connectivity index (χ4v) is 1.28. The summed E-state index contributed by atoms with van der Waals surface area (Å²) < 4.78 is 1.31. The second kappa shape index (κ2) is 3.23. The van der Waals surface area contributed by atoms with Crippen molar-refractivity contribution in [3.05, 3.63) is 53.6 Å². The molecule has 0 fully saturated rings. The summed E-state index contributed by atoms with van der Waals surface area (Å²) in [5, 5.41) is 2.87. The molecule has 0 spiro atoms. The van der Waals surface area contributed by atoms with E-state index in [0.717, 1.165) is 11.3 Å². The molecule has 0 saturated carbocycles. The molecule has 1 aromatic carbocycles. The van der Waals surface area contributed by atoms with Crippen LogP contribution in [-0.2, 0) is 0 Å². The zero-order chi connectivity index (χ0) is 9.10. The quantitative estimate of drug-likeness (QED) is 0.641. The van der Waals surface area contributed by atoms with Crippen molar-refractivity contribution in [2.24, 2.45) is 5.29 Å². The van der Waals surface area contributed by atoms with E-state index in [1.54, 1.807) is 12.3 Å². The maximum absolute atomic E-state index is 10.4. The summed E-state index contributed by atoms with van der Waals surface area (Å²) in [6.45, 7) is 0. The van der Waals surface area contributed by atoms with Gasteiger partial charge in [-0.2, -0.15) is 0 Å². The Morgan fingerprint density at radius 1 is 1.00 bits per heavy atom. The van der Waals surface area contributed by atoms with Gasteiger partial charge in [0, 0.05) is 11.8 Å². The highest BCUT2D eigenvalue weighted by Gasteiger charge is 2.01. The highest BCUT2D eigenvalue weighted by atomic mass is 16.3. The van der Waals surface area contributed by atoms with Crippen LogP contribution >= 0.6 is 0 Å². The van der Waals surface area contributed by atoms with Crippen molar-refractivity contribution in [3.8, 4) is 11.3 Å². The van der Waals surface area contributed by atoms with Gasteiger partial charge in [0.05, 0.1) is 11.0 Å². The van der Waals surface area contributed by atoms with Gasteiger partial charge in [-0.3, -0.25) is 0 Å². The number of nitroso groups, excluding NO2 is 1. The molecule has 2 rings (SSSR count). The first kappa shape index (κ1) is 7.73. The molecule has 13 heavy (non-hydrogen) atoms. The van der Waals surface area contributed by atoms with Crippen molar-refractivity contribution >= 4 is 0 Å². The molecule has 0 aliphatic heterocycles. The maximum Gasteiger partial charge on any atom is 0.0750 e. The Hall–Kier alpha value is -1.90. The van der Waals surface area contributed by atoms with Crippen LogP contribution in [0.25, 0.3) is 11.3 Å². The monoisotopic (exact) mass is 172 g/mol. The van der Waals surface area contributed by atoms with Gasteiger partial charge in [-0.25, -0.2) is 4.68 Å². The van der Waals surface area contributed by atoms with E-state index in [9.17, 15) is 4.91 Å². The lowest BCUT2D eigenvalue weighted by molar-refractivity contribution is 0.885. The minimum absolute atomic E-state index is 0.815. The van der Waals surface area contributed by atoms with Gasteiger partial charge in [-0.15, -0.1) is 4.91 Å². The Labute approximate surface area is 75.6 Å². The molecule has 0 N–H and O–H groups in total. The summed E-state index contributed by atoms with van der Waals surface area (Å²) in [5.41, 5.74) is 1.81. The van der Waals surface area contributed by atoms with E-state index >= 15 is 0 Å². The van der Waals surface area contributed by atoms with Gasteiger partial charge in [0.1, 0.15) is 0 Å². The molecule has 0 saturated heterocycles. The second-order valence-corrected chi connectivity index (χ2v) is 2.69. The molecule has 0 radical (unpaired) electrons. The fraction of sp³-hybridized carbons (Fsp3) is 0. The SMILES string of the molecule is O=Nn1cccc1-c1ccccc1. The molecule has 0 aliphatic carbocycles. The summed E-state index contributed by atoms with van der Waals surface area (Å²) in [4.78, 5) is 10.4. The van der Waals surface area contributed by atoms with Crippen molar-refractivity contribution in [2.75, 3.05) is 0 Å². The third-order valence-electron chi connectivity index (χ3n) is 1.89. The van der Waals surface area contributed by atoms with Gasteiger partial charge in [0.15, 0.2) is 0 Å². The Bertz CT molecular complexity index is 406. The van der Waals surface area contributed by atoms with Crippen molar-refractivity contribution in [3.63, 3.8) is 0 Å². The van der Waals surface area contributed by atoms with E-state index in [4.69, 9.17) is 0 Å². The normalized spacial score (nSPS) is 9.85. The smallest absolute Gasteiger partial charge is 0.0750 e. The molecular formula is C10H8N2O. The predicted octanol–water partition coefficient (Wildman–Crippen LogP) is 2.68. The first-order valence-electron chi connectivity index (χ1n) is 3.98. The van der Waals surface area contributed by atoms with Crippen LogP contribution in [0.2, 0.25) is 0 Å². The third-order valence-corrected chi connectivity index (χ3v) is 1.89. The summed E-state index contributed by atoms with van der Waals surface area (Å²) in [5.74, 6) is 0. The van der Waals surface area contributed by atoms with Crippen LogP contribution in [0.15, 0.2) is 53.9 Å². The molecule has 3 heteroatoms. The van der Waals surface area contributed by atoms with Crippen LogP contribution in [0.3, 0.4) is 0 Å². The van der Waals surface area contributed by atoms with Crippen LogP contribution < -0.4 is 0 Å². The summed E-state index contributed by atoms with van der Waals surface area (Å²) >= 11 is 0. The Morgan fingerprint density at radius 3 is 2.46 bits per heavy atom. The highest BCUT2D eigenvalue weighted by molar-refractivity contribution is 5.59. The molecule has 64 valence electrons. The Balaban J connectivity index is 2.52. The lowest BCUT2D eigenvalue weighted by Crippen LogP contribution is -1.87. The largest absolute Gasteiger partial charge is 0.204 e. The van der Waals surface area contributed by atoms with Crippen molar-refractivity contribution in [1.82, 2.24) is 4.68 Å². The van der Waals surface area contributed by atoms with Crippen molar-refractivity contribution in [2.45, 2.75) is 0 Å². The van der Waals surface area contributed by atoms with Gasteiger partial charge in [0.2, 0.25) is 0 Å². The molecular weight excluding hydrogens is 164 g/mol. The summed E-state index contributed by atoms with van der Waals surface area (Å²) in [6, 6.07) is 13.3. The molecule has 3 nitrogen and oxygen atoms in total. The zero-order valence-electron chi connectivity index (χ0n) is 6.92. The van der Waals surface area contributed by atoms with Crippen LogP contribution in [0, 0.1) is 4.91 Å². The number of rotatable bonds is 2. The van der Waals surface area contributed by atoms with Crippen LogP contribution in [-0.4, -0.2) is 4.68 Å². The lowest BCUT2D eigenvalue weighted by Gasteiger charge is -1.99. The number of hydrogen-bond acceptors (Lipinski definition) is 2. The lowest BCUT2D eigenvalue weighted by atomic mass is 10.2. The van der Waals surface area contributed by atoms with Crippen LogP contribution in [0.4, 0.5) is 0 Å². The molecule has 1 heterocycles. The van der Waals surface area contributed by atoms with Crippen LogP contribution in [0.1, 0.15) is 0 Å². The second-order valence-electron chi connectivity index (χ2n) is 2.69. The Morgan fingerprint density at radius 2 is 1.77 bits per heavy atom. The topological polar surface area (TPSA) is 34.4 Å². The summed E-state index contributed by atoms with van der Waals surface area (Å²) in [7, 11) is 0. The van der Waals surface area contributed by atoms with Gasteiger partial charge in [-0.1, -0.05) is 30.3 Å². The van der Waals surface area contributed by atoms with Crippen molar-refractivity contribution in [1.29, 1.82) is 0 Å². The number of hydrogen-bond donors (Lipinski definition) is 0. The van der Waals surface area contributed by atoms with E-state index in [-0.39, 0.29) is 0 Å². The minimum Gasteiger partial charge on any atom is -0.204 e. The van der Waals surface area contributed by atoms with Gasteiger partial charge in [-0.05, 0) is 12.1 Å². The molecule has 1 aromatic heterocycles. The first-order valence-corrected chi connectivity index (χ1v) is 3.98. The molecule has 0 atom stereocenters. The maximum atomic E-state index is 10.4. The minimum atomic E-state index is 0.815. The van der Waals surface area contributed by atoms with Gasteiger partial charge in [0.25, 0.3) is 0 Å². The average Bonchev–Trinajstić information content (AvgIpc) is 2.67. The average molecular weight is 172 g/mol. The molecule has 0 bridgehead atoms. The molecule has 0 unspecified atom stereocenters. The first-order chi connectivity index (χ1) is 6.42. The molecule has 0 aliphatic rings. The Kier molecular flexibility index (Phi) is 1.92. The van der Waals surface area contributed by atoms with E-state index in [1.807, 2.05) is 36.4 Å². The van der Waals surface area contributed by atoms with Crippen LogP contribution in [0.5, 0.6) is 0 Å². The zero-order valence-corrected chi connectivity index (χ0v) is 6.92. The predicted molar refractivity (Wildman–Crippen MR) is 51.1 cm³/mol. The van der Waals surface area contributed by atoms with E-state index < -0.39 is 0 Å². The van der Waals surface area contributed by atoms with E-state index in [2.05, 4.69) is 5.29 Å². The van der Waals surface area contributed by atoms with Crippen molar-refractivity contribution < 1.29 is 0 Å². The number of nitrogens with zero attached hydrogens (tertiary/aromatic N) is 2. The number of aromatic nitrogens is 1. The van der Waals surface area contributed by atoms with E-state index in [1.165, 1.54) is 4.68 Å².